The predicted molar refractivity (Wildman–Crippen MR) is 88.3 cm³/mol. The molecule has 1 atom stereocenters. The highest BCUT2D eigenvalue weighted by Gasteiger charge is 2.21. The normalized spacial score (nSPS) is 15.9. The smallest absolute Gasteiger partial charge is 0.0683 e. The van der Waals surface area contributed by atoms with E-state index in [2.05, 4.69) is 11.4 Å². The van der Waals surface area contributed by atoms with E-state index in [9.17, 15) is 0 Å². The fourth-order valence-electron chi connectivity index (χ4n) is 2.85. The first-order valence-corrected chi connectivity index (χ1v) is 8.50. The van der Waals surface area contributed by atoms with Gasteiger partial charge in [-0.2, -0.15) is 0 Å². The molecular weight excluding hydrogens is 309 g/mol. The Kier molecular flexibility index (Phi) is 4.37. The van der Waals surface area contributed by atoms with Gasteiger partial charge in [0.05, 0.1) is 16.1 Å². The summed E-state index contributed by atoms with van der Waals surface area (Å²) in [6.07, 6.45) is 5.06. The standard InChI is InChI=1S/C16H17Cl2NS/c1-19-16(11-6-4-7-12(17)15(11)18)14-9-10-5-2-3-8-13(10)20-14/h4,6-7,9,16,19H,2-3,5,8H2,1H3. The number of thiophene rings is 1. The van der Waals surface area contributed by atoms with Crippen LogP contribution >= 0.6 is 34.5 Å². The second-order valence-electron chi connectivity index (χ2n) is 5.17. The van der Waals surface area contributed by atoms with Crippen LogP contribution in [0.4, 0.5) is 0 Å². The van der Waals surface area contributed by atoms with Crippen LogP contribution in [0.5, 0.6) is 0 Å². The molecule has 2 aromatic rings. The highest BCUT2D eigenvalue weighted by molar-refractivity contribution is 7.12. The second kappa shape index (κ2) is 6.07. The Morgan fingerprint density at radius 1 is 1.20 bits per heavy atom. The van der Waals surface area contributed by atoms with Crippen molar-refractivity contribution in [3.05, 3.63) is 55.2 Å². The van der Waals surface area contributed by atoms with Gasteiger partial charge in [0, 0.05) is 9.75 Å². The van der Waals surface area contributed by atoms with E-state index in [-0.39, 0.29) is 6.04 Å². The summed E-state index contributed by atoms with van der Waals surface area (Å²) in [6, 6.07) is 8.31. The third-order valence-corrected chi connectivity index (χ3v) is 6.02. The van der Waals surface area contributed by atoms with Crippen LogP contribution in [0.15, 0.2) is 24.3 Å². The Balaban J connectivity index is 2.01. The molecule has 4 heteroatoms. The fraction of sp³-hybridized carbons (Fsp3) is 0.375. The van der Waals surface area contributed by atoms with Gasteiger partial charge in [-0.25, -0.2) is 0 Å². The van der Waals surface area contributed by atoms with Crippen molar-refractivity contribution >= 4 is 34.5 Å². The van der Waals surface area contributed by atoms with Gasteiger partial charge in [-0.3, -0.25) is 0 Å². The van der Waals surface area contributed by atoms with Crippen LogP contribution in [-0.2, 0) is 12.8 Å². The number of aryl methyl sites for hydroxylation is 2. The van der Waals surface area contributed by atoms with E-state index in [1.165, 1.54) is 36.1 Å². The summed E-state index contributed by atoms with van der Waals surface area (Å²) in [4.78, 5) is 2.88. The number of halogens is 2. The van der Waals surface area contributed by atoms with Crippen molar-refractivity contribution in [3.63, 3.8) is 0 Å². The van der Waals surface area contributed by atoms with Gasteiger partial charge in [-0.15, -0.1) is 11.3 Å². The van der Waals surface area contributed by atoms with Crippen LogP contribution in [0.2, 0.25) is 10.0 Å². The van der Waals surface area contributed by atoms with Crippen molar-refractivity contribution in [1.82, 2.24) is 5.32 Å². The number of fused-ring (bicyclic) bond motifs is 1. The zero-order valence-electron chi connectivity index (χ0n) is 11.4. The molecule has 1 unspecified atom stereocenters. The third kappa shape index (κ3) is 2.62. The van der Waals surface area contributed by atoms with Crippen molar-refractivity contribution in [2.75, 3.05) is 7.05 Å². The van der Waals surface area contributed by atoms with Gasteiger partial charge < -0.3 is 5.32 Å². The minimum absolute atomic E-state index is 0.122. The highest BCUT2D eigenvalue weighted by atomic mass is 35.5. The molecule has 1 aliphatic carbocycles. The molecule has 0 saturated carbocycles. The van der Waals surface area contributed by atoms with Gasteiger partial charge in [0.2, 0.25) is 0 Å². The highest BCUT2D eigenvalue weighted by Crippen LogP contribution is 2.38. The Morgan fingerprint density at radius 2 is 2.00 bits per heavy atom. The molecule has 0 spiro atoms. The SMILES string of the molecule is CNC(c1cc2c(s1)CCCC2)c1cccc(Cl)c1Cl. The molecule has 1 aromatic heterocycles. The van der Waals surface area contributed by atoms with Gasteiger partial charge in [-0.05, 0) is 56.0 Å². The summed E-state index contributed by atoms with van der Waals surface area (Å²) in [5.74, 6) is 0. The molecular formula is C16H17Cl2NS. The molecule has 0 fully saturated rings. The molecule has 0 radical (unpaired) electrons. The molecule has 0 bridgehead atoms. The van der Waals surface area contributed by atoms with E-state index in [0.717, 1.165) is 5.56 Å². The summed E-state index contributed by atoms with van der Waals surface area (Å²) >= 11 is 14.4. The van der Waals surface area contributed by atoms with Crippen molar-refractivity contribution in [2.24, 2.45) is 0 Å². The van der Waals surface area contributed by atoms with Gasteiger partial charge in [-0.1, -0.05) is 35.3 Å². The van der Waals surface area contributed by atoms with Gasteiger partial charge in [0.25, 0.3) is 0 Å². The lowest BCUT2D eigenvalue weighted by Gasteiger charge is -2.17. The zero-order chi connectivity index (χ0) is 14.1. The van der Waals surface area contributed by atoms with E-state index in [4.69, 9.17) is 23.2 Å². The molecule has 1 heterocycles. The topological polar surface area (TPSA) is 12.0 Å². The lowest BCUT2D eigenvalue weighted by molar-refractivity contribution is 0.691. The van der Waals surface area contributed by atoms with E-state index in [1.54, 1.807) is 4.88 Å². The van der Waals surface area contributed by atoms with Crippen LogP contribution in [0.1, 0.15) is 39.8 Å². The molecule has 3 rings (SSSR count). The van der Waals surface area contributed by atoms with E-state index >= 15 is 0 Å². The summed E-state index contributed by atoms with van der Waals surface area (Å²) in [5, 5.41) is 4.65. The van der Waals surface area contributed by atoms with E-state index in [1.807, 2.05) is 36.6 Å². The average Bonchev–Trinajstić information content (AvgIpc) is 2.87. The van der Waals surface area contributed by atoms with E-state index < -0.39 is 0 Å². The summed E-state index contributed by atoms with van der Waals surface area (Å²) in [6.45, 7) is 0. The van der Waals surface area contributed by atoms with Crippen molar-refractivity contribution in [1.29, 1.82) is 0 Å². The lowest BCUT2D eigenvalue weighted by atomic mass is 9.98. The number of hydrogen-bond donors (Lipinski definition) is 1. The number of benzene rings is 1. The number of rotatable bonds is 3. The maximum Gasteiger partial charge on any atom is 0.0683 e. The molecule has 1 aromatic carbocycles. The molecule has 1 aliphatic rings. The summed E-state index contributed by atoms with van der Waals surface area (Å²) in [5.41, 5.74) is 2.58. The molecule has 0 aliphatic heterocycles. The Hall–Kier alpha value is -0.540. The molecule has 1 nitrogen and oxygen atoms in total. The van der Waals surface area contributed by atoms with Gasteiger partial charge >= 0.3 is 0 Å². The molecule has 1 N–H and O–H groups in total. The third-order valence-electron chi connectivity index (χ3n) is 3.88. The van der Waals surface area contributed by atoms with Crippen LogP contribution < -0.4 is 5.32 Å². The molecule has 20 heavy (non-hydrogen) atoms. The van der Waals surface area contributed by atoms with Crippen molar-refractivity contribution in [2.45, 2.75) is 31.7 Å². The van der Waals surface area contributed by atoms with Gasteiger partial charge in [0.15, 0.2) is 0 Å². The first-order chi connectivity index (χ1) is 9.70. The molecule has 0 saturated heterocycles. The Bertz CT molecular complexity index is 597. The van der Waals surface area contributed by atoms with E-state index in [0.29, 0.717) is 10.0 Å². The fourth-order valence-corrected chi connectivity index (χ4v) is 4.65. The maximum absolute atomic E-state index is 6.38. The molecule has 0 amide bonds. The Labute approximate surface area is 133 Å². The van der Waals surface area contributed by atoms with Crippen molar-refractivity contribution < 1.29 is 0 Å². The summed E-state index contributed by atoms with van der Waals surface area (Å²) < 4.78 is 0. The zero-order valence-corrected chi connectivity index (χ0v) is 13.7. The number of nitrogens with one attached hydrogen (secondary N) is 1. The van der Waals surface area contributed by atoms with Crippen LogP contribution in [0.25, 0.3) is 0 Å². The lowest BCUT2D eigenvalue weighted by Crippen LogP contribution is -2.17. The van der Waals surface area contributed by atoms with Crippen LogP contribution in [0.3, 0.4) is 0 Å². The number of hydrogen-bond acceptors (Lipinski definition) is 2. The monoisotopic (exact) mass is 325 g/mol. The largest absolute Gasteiger partial charge is 0.309 e. The Morgan fingerprint density at radius 3 is 2.75 bits per heavy atom. The predicted octanol–water partition coefficient (Wildman–Crippen LogP) is 5.24. The first-order valence-electron chi connectivity index (χ1n) is 6.93. The molecule has 106 valence electrons. The van der Waals surface area contributed by atoms with Crippen LogP contribution in [0, 0.1) is 0 Å². The maximum atomic E-state index is 6.38. The minimum atomic E-state index is 0.122. The quantitative estimate of drug-likeness (QED) is 0.813. The average molecular weight is 326 g/mol. The first kappa shape index (κ1) is 14.4. The second-order valence-corrected chi connectivity index (χ2v) is 7.12. The van der Waals surface area contributed by atoms with Crippen molar-refractivity contribution in [3.8, 4) is 0 Å². The summed E-state index contributed by atoms with van der Waals surface area (Å²) in [7, 11) is 1.97. The van der Waals surface area contributed by atoms with Gasteiger partial charge in [0.1, 0.15) is 0 Å². The minimum Gasteiger partial charge on any atom is -0.309 e. The van der Waals surface area contributed by atoms with Crippen LogP contribution in [-0.4, -0.2) is 7.05 Å².